The lowest BCUT2D eigenvalue weighted by atomic mass is 10.1. The van der Waals surface area contributed by atoms with Crippen molar-refractivity contribution in [3.05, 3.63) is 52.5 Å². The van der Waals surface area contributed by atoms with Crippen LogP contribution in [0.15, 0.2) is 46.9 Å². The van der Waals surface area contributed by atoms with Gasteiger partial charge < -0.3 is 20.2 Å². The van der Waals surface area contributed by atoms with Crippen LogP contribution >= 0.6 is 15.9 Å². The van der Waals surface area contributed by atoms with E-state index >= 15 is 0 Å². The summed E-state index contributed by atoms with van der Waals surface area (Å²) >= 11 is 3.51. The molecule has 1 saturated heterocycles. The molecule has 2 aromatic carbocycles. The van der Waals surface area contributed by atoms with Gasteiger partial charge in [-0.25, -0.2) is 0 Å². The number of aromatic hydroxyl groups is 1. The van der Waals surface area contributed by atoms with Crippen LogP contribution in [0.3, 0.4) is 0 Å². The van der Waals surface area contributed by atoms with Crippen LogP contribution in [-0.4, -0.2) is 43.2 Å². The van der Waals surface area contributed by atoms with Crippen LogP contribution in [-0.2, 0) is 4.79 Å². The summed E-state index contributed by atoms with van der Waals surface area (Å²) in [5, 5.41) is 13.0. The van der Waals surface area contributed by atoms with Crippen LogP contribution in [0.5, 0.6) is 5.75 Å². The zero-order chi connectivity index (χ0) is 18.7. The number of hydrogen-bond acceptors (Lipinski definition) is 3. The van der Waals surface area contributed by atoms with Gasteiger partial charge in [-0.3, -0.25) is 4.79 Å². The number of para-hydroxylation sites is 2. The maximum atomic E-state index is 12.6. The van der Waals surface area contributed by atoms with Gasteiger partial charge in [0.05, 0.1) is 37.6 Å². The van der Waals surface area contributed by atoms with Gasteiger partial charge in [-0.15, -0.1) is 0 Å². The second-order valence-corrected chi connectivity index (χ2v) is 7.68. The molecule has 2 aromatic rings. The average molecular weight is 419 g/mol. The van der Waals surface area contributed by atoms with Gasteiger partial charge in [0, 0.05) is 4.47 Å². The molecule has 0 radical (unpaired) electrons. The van der Waals surface area contributed by atoms with Crippen LogP contribution in [0, 0.1) is 6.92 Å². The van der Waals surface area contributed by atoms with Crippen LogP contribution in [0.2, 0.25) is 0 Å². The van der Waals surface area contributed by atoms with E-state index in [2.05, 4.69) is 26.1 Å². The molecule has 1 heterocycles. The molecule has 1 aliphatic heterocycles. The molecule has 5 nitrogen and oxygen atoms in total. The van der Waals surface area contributed by atoms with E-state index in [1.165, 1.54) is 4.90 Å². The number of nitrogens with zero attached hydrogens (tertiary/aromatic N) is 1. The number of halogens is 1. The van der Waals surface area contributed by atoms with Gasteiger partial charge in [0.2, 0.25) is 0 Å². The summed E-state index contributed by atoms with van der Waals surface area (Å²) in [5.41, 5.74) is 2.82. The van der Waals surface area contributed by atoms with E-state index in [4.69, 9.17) is 0 Å². The Balaban J connectivity index is 1.58. The predicted octanol–water partition coefficient (Wildman–Crippen LogP) is 2.20. The number of anilines is 2. The lowest BCUT2D eigenvalue weighted by Gasteiger charge is -2.36. The van der Waals surface area contributed by atoms with E-state index in [9.17, 15) is 9.90 Å². The number of benzene rings is 2. The summed E-state index contributed by atoms with van der Waals surface area (Å²) in [6, 6.07) is 13.2. The lowest BCUT2D eigenvalue weighted by Crippen LogP contribution is -3.19. The maximum absolute atomic E-state index is 12.6. The molecular formula is C20H25BrN3O2+. The number of hydrogen-bond donors (Lipinski definition) is 3. The van der Waals surface area contributed by atoms with E-state index in [-0.39, 0.29) is 11.9 Å². The largest absolute Gasteiger partial charge is 0.506 e. The number of nitrogens with one attached hydrogen (secondary N) is 2. The molecule has 1 amide bonds. The highest BCUT2D eigenvalue weighted by Crippen LogP contribution is 2.26. The SMILES string of the molecule is Cc1ccc(NC(=O)[C@H](C)[NH+]2CCN(c3ccccc3O)CC2)c(Br)c1. The van der Waals surface area contributed by atoms with E-state index in [0.29, 0.717) is 5.75 Å². The zero-order valence-corrected chi connectivity index (χ0v) is 16.7. The van der Waals surface area contributed by atoms with Crippen molar-refractivity contribution in [1.29, 1.82) is 0 Å². The number of piperazine rings is 1. The molecular weight excluding hydrogens is 394 g/mol. The van der Waals surface area contributed by atoms with Crippen molar-refractivity contribution in [2.75, 3.05) is 36.4 Å². The molecule has 6 heteroatoms. The predicted molar refractivity (Wildman–Crippen MR) is 108 cm³/mol. The minimum atomic E-state index is -0.130. The molecule has 0 bridgehead atoms. The highest BCUT2D eigenvalue weighted by Gasteiger charge is 2.30. The Bertz CT molecular complexity index is 788. The minimum Gasteiger partial charge on any atom is -0.506 e. The first kappa shape index (κ1) is 18.7. The Labute approximate surface area is 162 Å². The summed E-state index contributed by atoms with van der Waals surface area (Å²) in [5.74, 6) is 0.339. The number of aryl methyl sites for hydroxylation is 1. The zero-order valence-electron chi connectivity index (χ0n) is 15.1. The van der Waals surface area contributed by atoms with Crippen LogP contribution < -0.4 is 15.1 Å². The lowest BCUT2D eigenvalue weighted by molar-refractivity contribution is -0.914. The summed E-state index contributed by atoms with van der Waals surface area (Å²) in [7, 11) is 0. The molecule has 0 unspecified atom stereocenters. The summed E-state index contributed by atoms with van der Waals surface area (Å²) < 4.78 is 0.900. The normalized spacial score (nSPS) is 16.3. The van der Waals surface area contributed by atoms with Gasteiger partial charge in [0.1, 0.15) is 5.75 Å². The average Bonchev–Trinajstić information content (AvgIpc) is 2.64. The van der Waals surface area contributed by atoms with Crippen LogP contribution in [0.4, 0.5) is 11.4 Å². The highest BCUT2D eigenvalue weighted by molar-refractivity contribution is 9.10. The van der Waals surface area contributed by atoms with E-state index in [0.717, 1.165) is 47.6 Å². The fourth-order valence-corrected chi connectivity index (χ4v) is 3.94. The molecule has 1 aliphatic rings. The maximum Gasteiger partial charge on any atom is 0.282 e. The van der Waals surface area contributed by atoms with Crippen molar-refractivity contribution < 1.29 is 14.8 Å². The Morgan fingerprint density at radius 2 is 1.92 bits per heavy atom. The van der Waals surface area contributed by atoms with Gasteiger partial charge in [-0.05, 0) is 59.6 Å². The third-order valence-electron chi connectivity index (χ3n) is 5.02. The Hall–Kier alpha value is -2.05. The van der Waals surface area contributed by atoms with Gasteiger partial charge in [0.15, 0.2) is 6.04 Å². The summed E-state index contributed by atoms with van der Waals surface area (Å²) in [6.07, 6.45) is 0. The van der Waals surface area contributed by atoms with Gasteiger partial charge in [-0.2, -0.15) is 0 Å². The fourth-order valence-electron chi connectivity index (χ4n) is 3.35. The standard InChI is InChI=1S/C20H24BrN3O2/c1-14-7-8-17(16(21)13-14)22-20(26)15(2)23-9-11-24(12-10-23)18-5-3-4-6-19(18)25/h3-8,13,15,25H,9-12H2,1-2H3,(H,22,26)/p+1/t15-/m0/s1. The summed E-state index contributed by atoms with van der Waals surface area (Å²) in [6.45, 7) is 7.35. The molecule has 138 valence electrons. The number of phenolic OH excluding ortho intramolecular Hbond substituents is 1. The topological polar surface area (TPSA) is 57.0 Å². The summed E-state index contributed by atoms with van der Waals surface area (Å²) in [4.78, 5) is 16.1. The smallest absolute Gasteiger partial charge is 0.282 e. The van der Waals surface area contributed by atoms with Crippen LogP contribution in [0.25, 0.3) is 0 Å². The first-order chi connectivity index (χ1) is 12.5. The Morgan fingerprint density at radius 1 is 1.23 bits per heavy atom. The first-order valence-electron chi connectivity index (χ1n) is 8.90. The number of carbonyl (C=O) groups excluding carboxylic acids is 1. The number of quaternary nitrogens is 1. The van der Waals surface area contributed by atoms with Crippen molar-refractivity contribution in [3.8, 4) is 5.75 Å². The Kier molecular flexibility index (Phi) is 5.84. The van der Waals surface area contributed by atoms with Crippen molar-refractivity contribution in [3.63, 3.8) is 0 Å². The third-order valence-corrected chi connectivity index (χ3v) is 5.67. The molecule has 3 rings (SSSR count). The quantitative estimate of drug-likeness (QED) is 0.713. The van der Waals surface area contributed by atoms with E-state index in [1.807, 2.05) is 50.2 Å². The van der Waals surface area contributed by atoms with Gasteiger partial charge in [-0.1, -0.05) is 18.2 Å². The monoisotopic (exact) mass is 418 g/mol. The number of rotatable bonds is 4. The molecule has 26 heavy (non-hydrogen) atoms. The van der Waals surface area contributed by atoms with Crippen molar-refractivity contribution >= 4 is 33.2 Å². The molecule has 0 aromatic heterocycles. The van der Waals surface area contributed by atoms with Crippen molar-refractivity contribution in [2.24, 2.45) is 0 Å². The molecule has 3 N–H and O–H groups in total. The first-order valence-corrected chi connectivity index (χ1v) is 9.69. The highest BCUT2D eigenvalue weighted by atomic mass is 79.9. The van der Waals surface area contributed by atoms with Crippen LogP contribution in [0.1, 0.15) is 12.5 Å². The number of carbonyl (C=O) groups is 1. The fraction of sp³-hybridized carbons (Fsp3) is 0.350. The number of phenols is 1. The molecule has 0 spiro atoms. The van der Waals surface area contributed by atoms with E-state index < -0.39 is 0 Å². The van der Waals surface area contributed by atoms with Crippen molar-refractivity contribution in [1.82, 2.24) is 0 Å². The molecule has 1 fully saturated rings. The second kappa shape index (κ2) is 8.10. The van der Waals surface area contributed by atoms with Crippen molar-refractivity contribution in [2.45, 2.75) is 19.9 Å². The minimum absolute atomic E-state index is 0.0283. The number of amides is 1. The van der Waals surface area contributed by atoms with Gasteiger partial charge >= 0.3 is 0 Å². The third kappa shape index (κ3) is 4.19. The second-order valence-electron chi connectivity index (χ2n) is 6.83. The molecule has 0 aliphatic carbocycles. The molecule has 0 saturated carbocycles. The van der Waals surface area contributed by atoms with E-state index in [1.54, 1.807) is 6.07 Å². The Morgan fingerprint density at radius 3 is 2.58 bits per heavy atom. The van der Waals surface area contributed by atoms with Gasteiger partial charge in [0.25, 0.3) is 5.91 Å². The molecule has 1 atom stereocenters.